The van der Waals surface area contributed by atoms with E-state index in [0.717, 1.165) is 32.5 Å². The quantitative estimate of drug-likeness (QED) is 0.494. The van der Waals surface area contributed by atoms with Crippen LogP contribution in [0.4, 0.5) is 0 Å². The van der Waals surface area contributed by atoms with E-state index < -0.39 is 5.97 Å². The van der Waals surface area contributed by atoms with Gasteiger partial charge in [-0.05, 0) is 31.8 Å². The first-order valence-corrected chi connectivity index (χ1v) is 4.22. The molecule has 0 spiro atoms. The van der Waals surface area contributed by atoms with Gasteiger partial charge in [-0.25, -0.2) is 0 Å². The summed E-state index contributed by atoms with van der Waals surface area (Å²) in [5.74, 6) is -0.200. The number of carboxylic acid groups (broad SMARTS) is 1. The number of hydrogen-bond acceptors (Lipinski definition) is 2. The van der Waals surface area contributed by atoms with Crippen molar-refractivity contribution < 1.29 is 22.3 Å². The number of carbonyl (C=O) groups is 1. The Morgan fingerprint density at radius 3 is 2.17 bits per heavy atom. The first-order chi connectivity index (χ1) is 5.27. The molecule has 3 nitrogen and oxygen atoms in total. The van der Waals surface area contributed by atoms with Crippen molar-refractivity contribution in [3.8, 4) is 0 Å². The highest BCUT2D eigenvalue weighted by Gasteiger charge is 2.37. The first-order valence-electron chi connectivity index (χ1n) is 4.22. The molecule has 1 N–H and O–H groups in total. The highest BCUT2D eigenvalue weighted by molar-refractivity contribution is 5.71. The third kappa shape index (κ3) is 1.57. The van der Waals surface area contributed by atoms with Crippen molar-refractivity contribution in [1.29, 1.82) is 0 Å². The molecule has 3 heterocycles. The Kier molecular flexibility index (Phi) is 2.96. The molecular weight excluding hydrogens is 178 g/mol. The van der Waals surface area contributed by atoms with Gasteiger partial charge >= 0.3 is 5.97 Å². The molecule has 70 valence electrons. The van der Waals surface area contributed by atoms with Gasteiger partial charge in [-0.2, -0.15) is 0 Å². The summed E-state index contributed by atoms with van der Waals surface area (Å²) in [6.45, 7) is 3.03. The Balaban J connectivity index is 0.000000720. The van der Waals surface area contributed by atoms with Crippen LogP contribution >= 0.6 is 0 Å². The van der Waals surface area contributed by atoms with Gasteiger partial charge in [0.15, 0.2) is 0 Å². The van der Waals surface area contributed by atoms with E-state index >= 15 is 0 Å². The molecule has 3 fully saturated rings. The lowest BCUT2D eigenvalue weighted by Crippen LogP contribution is -3.00. The lowest BCUT2D eigenvalue weighted by atomic mass is 9.79. The third-order valence-electron chi connectivity index (χ3n) is 2.97. The molecule has 0 aromatic heterocycles. The molecule has 3 rings (SSSR count). The van der Waals surface area contributed by atoms with Crippen LogP contribution in [0.15, 0.2) is 0 Å². The van der Waals surface area contributed by atoms with Crippen LogP contribution in [0.1, 0.15) is 12.8 Å². The van der Waals surface area contributed by atoms with Gasteiger partial charge < -0.3 is 22.4 Å². The van der Waals surface area contributed by atoms with Crippen molar-refractivity contribution >= 4 is 5.97 Å². The molecule has 4 heteroatoms. The molecule has 0 amide bonds. The number of halogens is 1. The summed E-state index contributed by atoms with van der Waals surface area (Å²) in [6, 6.07) is 0. The summed E-state index contributed by atoms with van der Waals surface area (Å²) in [7, 11) is 0. The molecule has 0 radical (unpaired) electrons. The lowest BCUT2D eigenvalue weighted by Gasteiger charge is -2.42. The van der Waals surface area contributed by atoms with Gasteiger partial charge in [-0.1, -0.05) is 0 Å². The highest BCUT2D eigenvalue weighted by atomic mass is 35.5. The molecule has 3 aliphatic rings. The zero-order valence-electron chi connectivity index (χ0n) is 6.87. The van der Waals surface area contributed by atoms with Crippen LogP contribution in [0.5, 0.6) is 0 Å². The van der Waals surface area contributed by atoms with Crippen molar-refractivity contribution in [2.75, 3.05) is 19.6 Å². The minimum atomic E-state index is -0.598. The van der Waals surface area contributed by atoms with Crippen LogP contribution in [0.3, 0.4) is 0 Å². The molecule has 1 unspecified atom stereocenters. The Bertz CT molecular complexity index is 178. The molecule has 3 aliphatic heterocycles. The van der Waals surface area contributed by atoms with E-state index in [1.807, 2.05) is 0 Å². The van der Waals surface area contributed by atoms with Crippen LogP contribution in [-0.2, 0) is 4.79 Å². The van der Waals surface area contributed by atoms with E-state index in [9.17, 15) is 4.79 Å². The van der Waals surface area contributed by atoms with Crippen LogP contribution in [0, 0.1) is 11.8 Å². The largest absolute Gasteiger partial charge is 1.00 e. The smallest absolute Gasteiger partial charge is 0.308 e. The fraction of sp³-hybridized carbons (Fsp3) is 0.875. The molecule has 0 aromatic carbocycles. The Morgan fingerprint density at radius 2 is 1.92 bits per heavy atom. The Labute approximate surface area is 78.2 Å². The summed E-state index contributed by atoms with van der Waals surface area (Å²) in [4.78, 5) is 13.0. The van der Waals surface area contributed by atoms with E-state index in [4.69, 9.17) is 5.11 Å². The predicted molar refractivity (Wildman–Crippen MR) is 40.3 cm³/mol. The molecule has 0 aliphatic carbocycles. The van der Waals surface area contributed by atoms with Crippen LogP contribution < -0.4 is 12.4 Å². The monoisotopic (exact) mass is 190 g/mol. The molecule has 2 bridgehead atoms. The van der Waals surface area contributed by atoms with Crippen molar-refractivity contribution in [1.82, 2.24) is 4.90 Å². The summed E-state index contributed by atoms with van der Waals surface area (Å²) in [5.41, 5.74) is 0. The molecule has 0 aromatic rings. The number of nitrogens with zero attached hydrogens (tertiary/aromatic N) is 1. The fourth-order valence-corrected chi connectivity index (χ4v) is 2.24. The van der Waals surface area contributed by atoms with Gasteiger partial charge in [0.1, 0.15) is 0 Å². The number of rotatable bonds is 1. The minimum Gasteiger partial charge on any atom is -1.00 e. The van der Waals surface area contributed by atoms with Gasteiger partial charge in [-0.3, -0.25) is 4.79 Å². The van der Waals surface area contributed by atoms with E-state index in [0.29, 0.717) is 5.92 Å². The number of piperidine rings is 3. The van der Waals surface area contributed by atoms with Crippen molar-refractivity contribution in [3.63, 3.8) is 0 Å². The van der Waals surface area contributed by atoms with E-state index in [2.05, 4.69) is 4.90 Å². The van der Waals surface area contributed by atoms with Gasteiger partial charge in [0.25, 0.3) is 0 Å². The van der Waals surface area contributed by atoms with Crippen LogP contribution in [0.25, 0.3) is 0 Å². The zero-order valence-corrected chi connectivity index (χ0v) is 7.63. The molecule has 3 saturated heterocycles. The van der Waals surface area contributed by atoms with Crippen molar-refractivity contribution in [2.45, 2.75) is 12.8 Å². The van der Waals surface area contributed by atoms with Gasteiger partial charge in [0, 0.05) is 6.54 Å². The minimum absolute atomic E-state index is 0. The van der Waals surface area contributed by atoms with E-state index in [1.165, 1.54) is 0 Å². The Morgan fingerprint density at radius 1 is 1.33 bits per heavy atom. The maximum absolute atomic E-state index is 10.7. The highest BCUT2D eigenvalue weighted by Crippen LogP contribution is 2.32. The summed E-state index contributed by atoms with van der Waals surface area (Å²) < 4.78 is 0. The summed E-state index contributed by atoms with van der Waals surface area (Å²) in [6.07, 6.45) is 2.19. The van der Waals surface area contributed by atoms with Crippen molar-refractivity contribution in [2.24, 2.45) is 11.8 Å². The number of aliphatic carboxylic acids is 1. The topological polar surface area (TPSA) is 40.5 Å². The van der Waals surface area contributed by atoms with Crippen LogP contribution in [0.2, 0.25) is 0 Å². The van der Waals surface area contributed by atoms with E-state index in [-0.39, 0.29) is 18.3 Å². The SMILES string of the molecule is O=C(O)C1CN2CCC1CC2.[Cl-]. The second kappa shape index (κ2) is 3.62. The van der Waals surface area contributed by atoms with Gasteiger partial charge in [0.2, 0.25) is 0 Å². The van der Waals surface area contributed by atoms with Crippen molar-refractivity contribution in [3.05, 3.63) is 0 Å². The average molecular weight is 191 g/mol. The van der Waals surface area contributed by atoms with E-state index in [1.54, 1.807) is 0 Å². The molecule has 0 saturated carbocycles. The zero-order chi connectivity index (χ0) is 7.84. The molecule has 12 heavy (non-hydrogen) atoms. The average Bonchev–Trinajstić information content (AvgIpc) is 2.06. The second-order valence-electron chi connectivity index (χ2n) is 3.58. The second-order valence-corrected chi connectivity index (χ2v) is 3.58. The van der Waals surface area contributed by atoms with Gasteiger partial charge in [0.05, 0.1) is 5.92 Å². The number of hydrogen-bond donors (Lipinski definition) is 1. The maximum Gasteiger partial charge on any atom is 0.308 e. The first kappa shape index (κ1) is 9.81. The Hall–Kier alpha value is -0.280. The fourth-order valence-electron chi connectivity index (χ4n) is 2.24. The summed E-state index contributed by atoms with van der Waals surface area (Å²) >= 11 is 0. The third-order valence-corrected chi connectivity index (χ3v) is 2.97. The maximum atomic E-state index is 10.7. The number of carboxylic acids is 1. The normalized spacial score (nSPS) is 38.8. The standard InChI is InChI=1S/C8H13NO2.ClH/c10-8(11)7-5-9-3-1-6(7)2-4-9;/h6-7H,1-5H2,(H,10,11);1H/p-1. The lowest BCUT2D eigenvalue weighted by molar-refractivity contribution is -0.148. The molecule has 1 atom stereocenters. The van der Waals surface area contributed by atoms with Crippen LogP contribution in [-0.4, -0.2) is 35.6 Å². The number of fused-ring (bicyclic) bond motifs is 3. The summed E-state index contributed by atoms with van der Waals surface area (Å²) in [5, 5.41) is 8.83. The van der Waals surface area contributed by atoms with Gasteiger partial charge in [-0.15, -0.1) is 0 Å². The molecular formula is C8H13ClNO2-. The predicted octanol–water partition coefficient (Wildman–Crippen LogP) is -2.58.